The van der Waals surface area contributed by atoms with E-state index >= 15 is 0 Å². The number of carbonyl (C=O) groups excluding carboxylic acids is 2. The Morgan fingerprint density at radius 1 is 0.944 bits per heavy atom. The Balaban J connectivity index is 1.24. The second kappa shape index (κ2) is 11.1. The number of carbonyl (C=O) groups is 2. The summed E-state index contributed by atoms with van der Waals surface area (Å²) in [5.41, 5.74) is 5.53. The van der Waals surface area contributed by atoms with Crippen LogP contribution in [0.15, 0.2) is 60.7 Å². The molecule has 0 bridgehead atoms. The van der Waals surface area contributed by atoms with E-state index in [1.807, 2.05) is 60.7 Å². The number of benzene rings is 3. The van der Waals surface area contributed by atoms with Crippen molar-refractivity contribution in [3.05, 3.63) is 93.5 Å². The van der Waals surface area contributed by atoms with Gasteiger partial charge >= 0.3 is 0 Å². The zero-order chi connectivity index (χ0) is 24.9. The van der Waals surface area contributed by atoms with Crippen LogP contribution < -0.4 is 16.0 Å². The first-order valence-electron chi connectivity index (χ1n) is 12.6. The number of hydrogen-bond acceptors (Lipinski definition) is 4. The van der Waals surface area contributed by atoms with E-state index < -0.39 is 0 Å². The summed E-state index contributed by atoms with van der Waals surface area (Å²) in [6.45, 7) is 4.72. The van der Waals surface area contributed by atoms with E-state index in [1.54, 1.807) is 0 Å². The monoisotopic (exact) mass is 502 g/mol. The normalized spacial score (nSPS) is 15.3. The van der Waals surface area contributed by atoms with Gasteiger partial charge in [0.1, 0.15) is 0 Å². The lowest BCUT2D eigenvalue weighted by Crippen LogP contribution is -2.33. The van der Waals surface area contributed by atoms with Gasteiger partial charge in [-0.3, -0.25) is 9.59 Å². The predicted molar refractivity (Wildman–Crippen MR) is 145 cm³/mol. The Labute approximate surface area is 217 Å². The Kier molecular flexibility index (Phi) is 7.54. The molecule has 186 valence electrons. The van der Waals surface area contributed by atoms with E-state index in [0.29, 0.717) is 34.8 Å². The van der Waals surface area contributed by atoms with E-state index in [-0.39, 0.29) is 11.8 Å². The number of piperidine rings is 1. The van der Waals surface area contributed by atoms with Gasteiger partial charge in [0, 0.05) is 35.9 Å². The fourth-order valence-electron chi connectivity index (χ4n) is 5.00. The van der Waals surface area contributed by atoms with E-state index in [1.165, 1.54) is 32.4 Å². The van der Waals surface area contributed by atoms with Crippen LogP contribution in [-0.2, 0) is 13.0 Å². The van der Waals surface area contributed by atoms with Gasteiger partial charge < -0.3 is 20.9 Å². The lowest BCUT2D eigenvalue weighted by atomic mass is 9.95. The molecule has 5 rings (SSSR count). The van der Waals surface area contributed by atoms with Crippen molar-refractivity contribution in [3.63, 3.8) is 0 Å². The van der Waals surface area contributed by atoms with Gasteiger partial charge in [-0.15, -0.1) is 0 Å². The van der Waals surface area contributed by atoms with Gasteiger partial charge in [0.05, 0.1) is 11.3 Å². The first-order chi connectivity index (χ1) is 17.6. The van der Waals surface area contributed by atoms with Crippen LogP contribution in [0.4, 0.5) is 11.4 Å². The van der Waals surface area contributed by atoms with Crippen molar-refractivity contribution in [1.82, 2.24) is 10.2 Å². The molecule has 0 aromatic heterocycles. The Morgan fingerprint density at radius 3 is 2.50 bits per heavy atom. The number of amides is 2. The molecule has 2 amide bonds. The molecule has 0 atom stereocenters. The number of hydrogen-bond donors (Lipinski definition) is 3. The summed E-state index contributed by atoms with van der Waals surface area (Å²) in [5, 5.41) is 9.98. The quantitative estimate of drug-likeness (QED) is 0.389. The molecular weight excluding hydrogens is 472 g/mol. The van der Waals surface area contributed by atoms with E-state index in [4.69, 9.17) is 11.6 Å². The topological polar surface area (TPSA) is 73.5 Å². The molecule has 0 unspecified atom stereocenters. The molecule has 3 N–H and O–H groups in total. The van der Waals surface area contributed by atoms with Gasteiger partial charge in [-0.1, -0.05) is 42.3 Å². The second-order valence-electron chi connectivity index (χ2n) is 9.44. The minimum atomic E-state index is -0.240. The summed E-state index contributed by atoms with van der Waals surface area (Å²) in [6, 6.07) is 19.0. The Hall–Kier alpha value is -3.35. The van der Waals surface area contributed by atoms with Crippen LogP contribution in [0.1, 0.15) is 56.7 Å². The van der Waals surface area contributed by atoms with Crippen LogP contribution >= 0.6 is 11.6 Å². The molecule has 3 aromatic rings. The third kappa shape index (κ3) is 5.55. The molecule has 2 aliphatic heterocycles. The van der Waals surface area contributed by atoms with E-state index in [9.17, 15) is 9.59 Å². The van der Waals surface area contributed by atoms with Crippen molar-refractivity contribution in [3.8, 4) is 0 Å². The molecular formula is C29H31ClN4O2. The molecule has 0 saturated carbocycles. The van der Waals surface area contributed by atoms with Crippen LogP contribution in [-0.4, -0.2) is 42.9 Å². The molecule has 36 heavy (non-hydrogen) atoms. The fourth-order valence-corrected chi connectivity index (χ4v) is 5.20. The molecule has 7 heteroatoms. The lowest BCUT2D eigenvalue weighted by Gasteiger charge is -2.26. The molecule has 2 aliphatic rings. The summed E-state index contributed by atoms with van der Waals surface area (Å²) >= 11 is 6.35. The summed E-state index contributed by atoms with van der Waals surface area (Å²) < 4.78 is 0. The smallest absolute Gasteiger partial charge is 0.255 e. The van der Waals surface area contributed by atoms with Crippen LogP contribution in [0.25, 0.3) is 0 Å². The zero-order valence-corrected chi connectivity index (χ0v) is 21.0. The predicted octanol–water partition coefficient (Wildman–Crippen LogP) is 5.32. The summed E-state index contributed by atoms with van der Waals surface area (Å²) in [6.07, 6.45) is 4.54. The van der Waals surface area contributed by atoms with Gasteiger partial charge in [-0.25, -0.2) is 0 Å². The molecule has 6 nitrogen and oxygen atoms in total. The number of rotatable bonds is 8. The Morgan fingerprint density at radius 2 is 1.72 bits per heavy atom. The van der Waals surface area contributed by atoms with Crippen molar-refractivity contribution in [2.24, 2.45) is 0 Å². The highest BCUT2D eigenvalue weighted by Crippen LogP contribution is 2.31. The minimum Gasteiger partial charge on any atom is -0.384 e. The number of likely N-dealkylation sites (tertiary alicyclic amines) is 1. The first-order valence-corrected chi connectivity index (χ1v) is 13.0. The number of nitrogens with zero attached hydrogens (tertiary/aromatic N) is 1. The molecule has 2 heterocycles. The molecule has 0 aliphatic carbocycles. The second-order valence-corrected chi connectivity index (χ2v) is 9.84. The average Bonchev–Trinajstić information content (AvgIpc) is 3.30. The first kappa shape index (κ1) is 24.3. The third-order valence-electron chi connectivity index (χ3n) is 7.00. The number of fused-ring (bicyclic) bond motifs is 1. The van der Waals surface area contributed by atoms with E-state index in [0.717, 1.165) is 35.5 Å². The van der Waals surface area contributed by atoms with Crippen LogP contribution in [0, 0.1) is 0 Å². The molecule has 0 radical (unpaired) electrons. The highest BCUT2D eigenvalue weighted by atomic mass is 35.5. The number of anilines is 2. The third-order valence-corrected chi connectivity index (χ3v) is 7.37. The lowest BCUT2D eigenvalue weighted by molar-refractivity contribution is 0.0966. The van der Waals surface area contributed by atoms with Crippen molar-refractivity contribution < 1.29 is 9.59 Å². The number of nitrogens with one attached hydrogen (secondary N) is 3. The maximum atomic E-state index is 13.0. The summed E-state index contributed by atoms with van der Waals surface area (Å²) in [7, 11) is 0. The zero-order valence-electron chi connectivity index (χ0n) is 20.3. The minimum absolute atomic E-state index is 0.172. The van der Waals surface area contributed by atoms with Gasteiger partial charge in [0.15, 0.2) is 0 Å². The average molecular weight is 503 g/mol. The van der Waals surface area contributed by atoms with Crippen LogP contribution in [0.2, 0.25) is 5.02 Å². The van der Waals surface area contributed by atoms with Gasteiger partial charge in [-0.05, 0) is 85.4 Å². The summed E-state index contributed by atoms with van der Waals surface area (Å²) in [5.74, 6) is -0.412. The standard InChI is InChI=1S/C29H31ClN4O2/c30-25-7-3-2-6-22(25)18-21-10-13-26(27-24(21)19-32-29(27)36)33-28(35)20-8-11-23(12-9-20)31-14-17-34-15-4-1-5-16-34/h2-3,6-13,31H,1,4-5,14-19H2,(H,32,36)(H,33,35). The molecule has 3 aromatic carbocycles. The molecule has 1 fully saturated rings. The maximum Gasteiger partial charge on any atom is 0.255 e. The highest BCUT2D eigenvalue weighted by Gasteiger charge is 2.26. The van der Waals surface area contributed by atoms with Crippen LogP contribution in [0.3, 0.4) is 0 Å². The number of halogens is 1. The maximum absolute atomic E-state index is 13.0. The fraction of sp³-hybridized carbons (Fsp3) is 0.310. The van der Waals surface area contributed by atoms with Crippen molar-refractivity contribution in [2.45, 2.75) is 32.2 Å². The van der Waals surface area contributed by atoms with Crippen molar-refractivity contribution in [1.29, 1.82) is 0 Å². The highest BCUT2D eigenvalue weighted by molar-refractivity contribution is 6.31. The Bertz CT molecular complexity index is 1250. The molecule has 0 spiro atoms. The summed E-state index contributed by atoms with van der Waals surface area (Å²) in [4.78, 5) is 28.1. The van der Waals surface area contributed by atoms with Gasteiger partial charge in [-0.2, -0.15) is 0 Å². The molecule has 1 saturated heterocycles. The largest absolute Gasteiger partial charge is 0.384 e. The van der Waals surface area contributed by atoms with E-state index in [2.05, 4.69) is 20.9 Å². The van der Waals surface area contributed by atoms with Gasteiger partial charge in [0.2, 0.25) is 0 Å². The van der Waals surface area contributed by atoms with Gasteiger partial charge in [0.25, 0.3) is 11.8 Å². The van der Waals surface area contributed by atoms with Crippen LogP contribution in [0.5, 0.6) is 0 Å². The van der Waals surface area contributed by atoms with Crippen molar-refractivity contribution in [2.75, 3.05) is 36.8 Å². The SMILES string of the molecule is O=C(Nc1ccc(Cc2ccccc2Cl)c2c1C(=O)NC2)c1ccc(NCCN2CCCCC2)cc1. The van der Waals surface area contributed by atoms with Crippen molar-refractivity contribution >= 4 is 34.8 Å².